The lowest BCUT2D eigenvalue weighted by atomic mass is 9.86. The average molecular weight is 409 g/mol. The molecule has 1 aliphatic heterocycles. The van der Waals surface area contributed by atoms with Crippen molar-refractivity contribution in [2.45, 2.75) is 57.7 Å². The van der Waals surface area contributed by atoms with Gasteiger partial charge in [-0.1, -0.05) is 31.9 Å². The van der Waals surface area contributed by atoms with Crippen LogP contribution < -0.4 is 15.4 Å². The maximum atomic E-state index is 12.9. The molecule has 4 amide bonds. The van der Waals surface area contributed by atoms with E-state index in [1.807, 2.05) is 0 Å². The Balaban J connectivity index is 1.67. The first-order chi connectivity index (χ1) is 13.7. The number of carbonyl (C=O) groups excluding carboxylic acids is 3. The molecule has 0 radical (unpaired) electrons. The molecule has 1 aromatic carbocycles. The summed E-state index contributed by atoms with van der Waals surface area (Å²) in [5.74, 6) is -0.647. The Kier molecular flexibility index (Phi) is 6.04. The van der Waals surface area contributed by atoms with Crippen molar-refractivity contribution in [2.24, 2.45) is 5.92 Å². The van der Waals surface area contributed by atoms with Crippen LogP contribution >= 0.6 is 0 Å². The van der Waals surface area contributed by atoms with Crippen LogP contribution in [0.2, 0.25) is 0 Å². The zero-order chi connectivity index (χ0) is 21.2. The van der Waals surface area contributed by atoms with Crippen LogP contribution in [0.25, 0.3) is 0 Å². The number of nitrogens with zero attached hydrogens (tertiary/aromatic N) is 1. The van der Waals surface area contributed by atoms with Gasteiger partial charge < -0.3 is 15.4 Å². The third-order valence-electron chi connectivity index (χ3n) is 5.69. The molecule has 158 valence electrons. The third-order valence-corrected chi connectivity index (χ3v) is 5.69. The van der Waals surface area contributed by atoms with Gasteiger partial charge in [0.05, 0.1) is 0 Å². The minimum Gasteiger partial charge on any atom is -0.435 e. The SMILES string of the molecule is C[C@@H]1CCCC[C@@H]1NC(=O)CN1C(=O)N[C@@](C)(c2ccc(OC(F)F)cc2)C1=O. The third kappa shape index (κ3) is 4.49. The lowest BCUT2D eigenvalue weighted by Crippen LogP contribution is -2.47. The Morgan fingerprint density at radius 3 is 2.55 bits per heavy atom. The number of nitrogens with one attached hydrogen (secondary N) is 2. The van der Waals surface area contributed by atoms with Crippen LogP contribution in [0.15, 0.2) is 24.3 Å². The molecule has 3 atom stereocenters. The molecule has 1 aliphatic carbocycles. The minimum atomic E-state index is -2.95. The molecule has 7 nitrogen and oxygen atoms in total. The number of alkyl halides is 2. The van der Waals surface area contributed by atoms with Crippen molar-refractivity contribution < 1.29 is 27.9 Å². The zero-order valence-corrected chi connectivity index (χ0v) is 16.4. The molecule has 1 heterocycles. The first kappa shape index (κ1) is 21.0. The van der Waals surface area contributed by atoms with Gasteiger partial charge in [0.2, 0.25) is 5.91 Å². The summed E-state index contributed by atoms with van der Waals surface area (Å²) in [6.45, 7) is 0.272. The van der Waals surface area contributed by atoms with Gasteiger partial charge in [-0.3, -0.25) is 14.5 Å². The number of carbonyl (C=O) groups is 3. The maximum absolute atomic E-state index is 12.9. The van der Waals surface area contributed by atoms with Gasteiger partial charge in [-0.15, -0.1) is 0 Å². The molecular weight excluding hydrogens is 384 g/mol. The molecule has 0 bridgehead atoms. The number of hydrogen-bond donors (Lipinski definition) is 2. The topological polar surface area (TPSA) is 87.7 Å². The van der Waals surface area contributed by atoms with E-state index in [4.69, 9.17) is 0 Å². The summed E-state index contributed by atoms with van der Waals surface area (Å²) in [7, 11) is 0. The summed E-state index contributed by atoms with van der Waals surface area (Å²) >= 11 is 0. The molecule has 0 unspecified atom stereocenters. The second-order valence-electron chi connectivity index (χ2n) is 7.79. The molecule has 29 heavy (non-hydrogen) atoms. The predicted molar refractivity (Wildman–Crippen MR) is 100 cm³/mol. The fourth-order valence-electron chi connectivity index (χ4n) is 3.93. The second kappa shape index (κ2) is 8.34. The van der Waals surface area contributed by atoms with Gasteiger partial charge >= 0.3 is 12.6 Å². The van der Waals surface area contributed by atoms with Gasteiger partial charge in [0, 0.05) is 6.04 Å². The van der Waals surface area contributed by atoms with E-state index >= 15 is 0 Å². The number of benzene rings is 1. The number of hydrogen-bond acceptors (Lipinski definition) is 4. The fourth-order valence-corrected chi connectivity index (χ4v) is 3.93. The first-order valence-electron chi connectivity index (χ1n) is 9.69. The van der Waals surface area contributed by atoms with Crippen LogP contribution in [0.5, 0.6) is 5.75 Å². The maximum Gasteiger partial charge on any atom is 0.387 e. The summed E-state index contributed by atoms with van der Waals surface area (Å²) in [5, 5.41) is 5.52. The molecule has 0 aromatic heterocycles. The number of rotatable bonds is 6. The van der Waals surface area contributed by atoms with Gasteiger partial charge in [-0.05, 0) is 43.4 Å². The number of ether oxygens (including phenoxy) is 1. The molecular formula is C20H25F2N3O4. The number of amides is 4. The summed E-state index contributed by atoms with van der Waals surface area (Å²) in [5.41, 5.74) is -0.986. The van der Waals surface area contributed by atoms with E-state index in [9.17, 15) is 23.2 Å². The Hall–Kier alpha value is -2.71. The van der Waals surface area contributed by atoms with Crippen molar-refractivity contribution in [3.63, 3.8) is 0 Å². The van der Waals surface area contributed by atoms with Crippen molar-refractivity contribution in [1.29, 1.82) is 0 Å². The molecule has 1 saturated heterocycles. The summed E-state index contributed by atoms with van der Waals surface area (Å²) < 4.78 is 28.9. The molecule has 9 heteroatoms. The number of urea groups is 1. The van der Waals surface area contributed by atoms with Gasteiger partial charge in [-0.25, -0.2) is 4.79 Å². The zero-order valence-electron chi connectivity index (χ0n) is 16.4. The highest BCUT2D eigenvalue weighted by atomic mass is 19.3. The van der Waals surface area contributed by atoms with E-state index in [-0.39, 0.29) is 24.2 Å². The summed E-state index contributed by atoms with van der Waals surface area (Å²) in [4.78, 5) is 38.6. The van der Waals surface area contributed by atoms with Crippen LogP contribution in [0, 0.1) is 5.92 Å². The van der Waals surface area contributed by atoms with Crippen molar-refractivity contribution in [2.75, 3.05) is 6.54 Å². The van der Waals surface area contributed by atoms with Gasteiger partial charge in [-0.2, -0.15) is 8.78 Å². The van der Waals surface area contributed by atoms with Crippen LogP contribution in [0.1, 0.15) is 45.1 Å². The van der Waals surface area contributed by atoms with E-state index in [0.29, 0.717) is 11.5 Å². The van der Waals surface area contributed by atoms with Crippen LogP contribution in [-0.4, -0.2) is 41.9 Å². The number of imide groups is 1. The van der Waals surface area contributed by atoms with Gasteiger partial charge in [0.25, 0.3) is 5.91 Å². The smallest absolute Gasteiger partial charge is 0.387 e. The summed E-state index contributed by atoms with van der Waals surface area (Å²) in [6, 6.07) is 4.84. The van der Waals surface area contributed by atoms with Gasteiger partial charge in [0.15, 0.2) is 0 Å². The van der Waals surface area contributed by atoms with Crippen molar-refractivity contribution >= 4 is 17.8 Å². The molecule has 1 saturated carbocycles. The van der Waals surface area contributed by atoms with Gasteiger partial charge in [0.1, 0.15) is 17.8 Å². The molecule has 2 fully saturated rings. The van der Waals surface area contributed by atoms with Crippen molar-refractivity contribution in [1.82, 2.24) is 15.5 Å². The fraction of sp³-hybridized carbons (Fsp3) is 0.550. The monoisotopic (exact) mass is 409 g/mol. The summed E-state index contributed by atoms with van der Waals surface area (Å²) in [6.07, 6.45) is 4.11. The highest BCUT2D eigenvalue weighted by Gasteiger charge is 2.49. The van der Waals surface area contributed by atoms with E-state index < -0.39 is 24.1 Å². The molecule has 3 rings (SSSR count). The van der Waals surface area contributed by atoms with E-state index in [1.165, 1.54) is 31.2 Å². The Morgan fingerprint density at radius 1 is 1.28 bits per heavy atom. The van der Waals surface area contributed by atoms with E-state index in [1.54, 1.807) is 0 Å². The quantitative estimate of drug-likeness (QED) is 0.708. The van der Waals surface area contributed by atoms with Crippen LogP contribution in [0.4, 0.5) is 13.6 Å². The molecule has 2 N–H and O–H groups in total. The molecule has 2 aliphatic rings. The Morgan fingerprint density at radius 2 is 1.93 bits per heavy atom. The van der Waals surface area contributed by atoms with Crippen LogP contribution in [-0.2, 0) is 15.1 Å². The lowest BCUT2D eigenvalue weighted by molar-refractivity contribution is -0.135. The minimum absolute atomic E-state index is 0.0470. The highest BCUT2D eigenvalue weighted by Crippen LogP contribution is 2.30. The number of halogens is 2. The molecule has 0 spiro atoms. The lowest BCUT2D eigenvalue weighted by Gasteiger charge is -2.30. The largest absolute Gasteiger partial charge is 0.435 e. The highest BCUT2D eigenvalue weighted by molar-refractivity contribution is 6.09. The van der Waals surface area contributed by atoms with E-state index in [2.05, 4.69) is 22.3 Å². The van der Waals surface area contributed by atoms with Crippen molar-refractivity contribution in [3.05, 3.63) is 29.8 Å². The van der Waals surface area contributed by atoms with E-state index in [0.717, 1.165) is 30.6 Å². The average Bonchev–Trinajstić information content (AvgIpc) is 2.88. The Bertz CT molecular complexity index is 786. The van der Waals surface area contributed by atoms with Crippen molar-refractivity contribution in [3.8, 4) is 5.75 Å². The predicted octanol–water partition coefficient (Wildman–Crippen LogP) is 2.75. The second-order valence-corrected chi connectivity index (χ2v) is 7.79. The first-order valence-corrected chi connectivity index (χ1v) is 9.69. The van der Waals surface area contributed by atoms with Crippen LogP contribution in [0.3, 0.4) is 0 Å². The molecule has 1 aromatic rings. The normalized spacial score (nSPS) is 27.1. The standard InChI is InChI=1S/C20H25F2N3O4/c1-12-5-3-4-6-15(12)23-16(26)11-25-17(27)20(2,24-19(25)28)13-7-9-14(10-8-13)29-18(21)22/h7-10,12,15,18H,3-6,11H2,1-2H3,(H,23,26)(H,24,28)/t12-,15+,20+/m1/s1. The Labute approximate surface area is 167 Å².